The standard InChI is InChI=1S/C10H9ClN4O2S/c11-8-2-1-5-13-10(8)15-18(16,17)7-3-4-9(12)14-6-7/h1-6H,(H2,12,14)(H,13,15). The minimum atomic E-state index is -3.77. The molecular formula is C10H9ClN4O2S. The van der Waals surface area contributed by atoms with E-state index in [1.165, 1.54) is 24.4 Å². The lowest BCUT2D eigenvalue weighted by atomic mass is 10.5. The third-order valence-electron chi connectivity index (χ3n) is 2.06. The van der Waals surface area contributed by atoms with Crippen molar-refractivity contribution < 1.29 is 8.42 Å². The smallest absolute Gasteiger partial charge is 0.264 e. The molecule has 3 N–H and O–H groups in total. The molecule has 0 spiro atoms. The van der Waals surface area contributed by atoms with E-state index in [-0.39, 0.29) is 21.6 Å². The Hall–Kier alpha value is -1.86. The van der Waals surface area contributed by atoms with Crippen LogP contribution in [0.5, 0.6) is 0 Å². The van der Waals surface area contributed by atoms with Gasteiger partial charge in [0.1, 0.15) is 10.7 Å². The summed E-state index contributed by atoms with van der Waals surface area (Å²) in [5.74, 6) is 0.306. The van der Waals surface area contributed by atoms with Gasteiger partial charge in [-0.2, -0.15) is 0 Å². The average molecular weight is 285 g/mol. The largest absolute Gasteiger partial charge is 0.384 e. The fraction of sp³-hybridized carbons (Fsp3) is 0. The Labute approximate surface area is 109 Å². The van der Waals surface area contributed by atoms with Crippen molar-refractivity contribution >= 4 is 33.3 Å². The summed E-state index contributed by atoms with van der Waals surface area (Å²) < 4.78 is 26.2. The van der Waals surface area contributed by atoms with Crippen LogP contribution in [0.4, 0.5) is 11.6 Å². The number of pyridine rings is 2. The van der Waals surface area contributed by atoms with E-state index in [1.807, 2.05) is 0 Å². The van der Waals surface area contributed by atoms with E-state index in [4.69, 9.17) is 17.3 Å². The van der Waals surface area contributed by atoms with Gasteiger partial charge < -0.3 is 5.73 Å². The first kappa shape index (κ1) is 12.6. The third kappa shape index (κ3) is 2.69. The second-order valence-electron chi connectivity index (χ2n) is 3.36. The van der Waals surface area contributed by atoms with Crippen molar-refractivity contribution in [2.24, 2.45) is 0 Å². The Morgan fingerprint density at radius 1 is 1.22 bits per heavy atom. The molecule has 0 aliphatic carbocycles. The number of sulfonamides is 1. The van der Waals surface area contributed by atoms with E-state index in [1.54, 1.807) is 6.07 Å². The molecule has 0 aromatic carbocycles. The van der Waals surface area contributed by atoms with Crippen LogP contribution in [0, 0.1) is 0 Å². The Morgan fingerprint density at radius 2 is 2.00 bits per heavy atom. The van der Waals surface area contributed by atoms with Crippen molar-refractivity contribution in [3.8, 4) is 0 Å². The second-order valence-corrected chi connectivity index (χ2v) is 5.45. The number of nitrogens with one attached hydrogen (secondary N) is 1. The molecule has 0 bridgehead atoms. The van der Waals surface area contributed by atoms with E-state index in [0.717, 1.165) is 6.20 Å². The van der Waals surface area contributed by atoms with Crippen LogP contribution in [-0.2, 0) is 10.0 Å². The lowest BCUT2D eigenvalue weighted by Crippen LogP contribution is -2.14. The van der Waals surface area contributed by atoms with Gasteiger partial charge >= 0.3 is 0 Å². The minimum Gasteiger partial charge on any atom is -0.384 e. The van der Waals surface area contributed by atoms with Crippen LogP contribution in [0.3, 0.4) is 0 Å². The molecule has 0 fully saturated rings. The lowest BCUT2D eigenvalue weighted by Gasteiger charge is -2.08. The summed E-state index contributed by atoms with van der Waals surface area (Å²) in [7, 11) is -3.77. The van der Waals surface area contributed by atoms with Gasteiger partial charge in [0.25, 0.3) is 10.0 Å². The van der Waals surface area contributed by atoms with Crippen molar-refractivity contribution in [1.82, 2.24) is 9.97 Å². The van der Waals surface area contributed by atoms with Crippen LogP contribution in [-0.4, -0.2) is 18.4 Å². The average Bonchev–Trinajstić information content (AvgIpc) is 2.32. The molecule has 6 nitrogen and oxygen atoms in total. The van der Waals surface area contributed by atoms with Gasteiger partial charge in [0.2, 0.25) is 0 Å². The zero-order valence-corrected chi connectivity index (χ0v) is 10.6. The summed E-state index contributed by atoms with van der Waals surface area (Å²) in [5, 5.41) is 0.212. The summed E-state index contributed by atoms with van der Waals surface area (Å²) in [5.41, 5.74) is 5.39. The van der Waals surface area contributed by atoms with Gasteiger partial charge in [0.05, 0.1) is 5.02 Å². The molecule has 0 saturated heterocycles. The molecule has 18 heavy (non-hydrogen) atoms. The highest BCUT2D eigenvalue weighted by atomic mass is 35.5. The van der Waals surface area contributed by atoms with Gasteiger partial charge in [-0.15, -0.1) is 0 Å². The number of hydrogen-bond acceptors (Lipinski definition) is 5. The summed E-state index contributed by atoms with van der Waals surface area (Å²) in [6, 6.07) is 5.88. The molecular weight excluding hydrogens is 276 g/mol. The van der Waals surface area contributed by atoms with Gasteiger partial charge in [-0.25, -0.2) is 18.4 Å². The number of nitrogens with zero attached hydrogens (tertiary/aromatic N) is 2. The van der Waals surface area contributed by atoms with E-state index in [0.29, 0.717) is 0 Å². The zero-order valence-electron chi connectivity index (χ0n) is 9.04. The number of aromatic nitrogens is 2. The second kappa shape index (κ2) is 4.79. The number of nitrogens with two attached hydrogens (primary N) is 1. The van der Waals surface area contributed by atoms with Crippen molar-refractivity contribution in [1.29, 1.82) is 0 Å². The van der Waals surface area contributed by atoms with E-state index < -0.39 is 10.0 Å². The Bertz CT molecular complexity index is 658. The van der Waals surface area contributed by atoms with Crippen LogP contribution >= 0.6 is 11.6 Å². The molecule has 94 valence electrons. The molecule has 0 amide bonds. The first-order chi connectivity index (χ1) is 8.49. The molecule has 0 aliphatic rings. The van der Waals surface area contributed by atoms with Crippen molar-refractivity contribution in [3.63, 3.8) is 0 Å². The molecule has 0 atom stereocenters. The molecule has 2 aromatic heterocycles. The first-order valence-electron chi connectivity index (χ1n) is 4.84. The normalized spacial score (nSPS) is 11.2. The van der Waals surface area contributed by atoms with Gasteiger partial charge in [0, 0.05) is 12.4 Å². The Balaban J connectivity index is 2.33. The zero-order chi connectivity index (χ0) is 13.2. The van der Waals surface area contributed by atoms with Crippen molar-refractivity contribution in [3.05, 3.63) is 41.7 Å². The SMILES string of the molecule is Nc1ccc(S(=O)(=O)Nc2ncccc2Cl)cn1. The van der Waals surface area contributed by atoms with Crippen LogP contribution in [0.2, 0.25) is 5.02 Å². The van der Waals surface area contributed by atoms with Gasteiger partial charge in [-0.3, -0.25) is 4.72 Å². The van der Waals surface area contributed by atoms with Gasteiger partial charge in [-0.1, -0.05) is 11.6 Å². The number of halogens is 1. The predicted molar refractivity (Wildman–Crippen MR) is 68.7 cm³/mol. The first-order valence-corrected chi connectivity index (χ1v) is 6.70. The molecule has 8 heteroatoms. The van der Waals surface area contributed by atoms with E-state index in [2.05, 4.69) is 14.7 Å². The minimum absolute atomic E-state index is 0.0154. The lowest BCUT2D eigenvalue weighted by molar-refractivity contribution is 0.600. The summed E-state index contributed by atoms with van der Waals surface area (Å²) in [6.45, 7) is 0. The maximum Gasteiger partial charge on any atom is 0.264 e. The van der Waals surface area contributed by atoms with E-state index in [9.17, 15) is 8.42 Å². The van der Waals surface area contributed by atoms with Crippen LogP contribution in [0.1, 0.15) is 0 Å². The van der Waals surface area contributed by atoms with E-state index >= 15 is 0 Å². The van der Waals surface area contributed by atoms with Crippen LogP contribution in [0.15, 0.2) is 41.6 Å². The maximum atomic E-state index is 12.0. The van der Waals surface area contributed by atoms with Crippen LogP contribution < -0.4 is 10.5 Å². The number of nitrogen functional groups attached to an aromatic ring is 1. The highest BCUT2D eigenvalue weighted by Gasteiger charge is 2.16. The molecule has 0 radical (unpaired) electrons. The topological polar surface area (TPSA) is 98.0 Å². The summed E-state index contributed by atoms with van der Waals surface area (Å²) in [6.07, 6.45) is 2.60. The molecule has 2 rings (SSSR count). The third-order valence-corrected chi connectivity index (χ3v) is 3.69. The number of hydrogen-bond donors (Lipinski definition) is 2. The fourth-order valence-electron chi connectivity index (χ4n) is 1.20. The molecule has 0 saturated carbocycles. The van der Waals surface area contributed by atoms with Crippen LogP contribution in [0.25, 0.3) is 0 Å². The fourth-order valence-corrected chi connectivity index (χ4v) is 2.40. The van der Waals surface area contributed by atoms with Gasteiger partial charge in [0.15, 0.2) is 5.82 Å². The summed E-state index contributed by atoms with van der Waals surface area (Å²) in [4.78, 5) is 7.54. The molecule has 2 heterocycles. The summed E-state index contributed by atoms with van der Waals surface area (Å²) >= 11 is 5.82. The molecule has 0 unspecified atom stereocenters. The maximum absolute atomic E-state index is 12.0. The number of rotatable bonds is 3. The molecule has 0 aliphatic heterocycles. The highest BCUT2D eigenvalue weighted by Crippen LogP contribution is 2.21. The quantitative estimate of drug-likeness (QED) is 0.890. The Morgan fingerprint density at radius 3 is 2.61 bits per heavy atom. The highest BCUT2D eigenvalue weighted by molar-refractivity contribution is 7.92. The van der Waals surface area contributed by atoms with Crippen molar-refractivity contribution in [2.45, 2.75) is 4.90 Å². The molecule has 2 aromatic rings. The monoisotopic (exact) mass is 284 g/mol. The predicted octanol–water partition coefficient (Wildman–Crippen LogP) is 1.51. The number of anilines is 2. The van der Waals surface area contributed by atoms with Crippen molar-refractivity contribution in [2.75, 3.05) is 10.5 Å². The Kier molecular flexibility index (Phi) is 3.35. The van der Waals surface area contributed by atoms with Gasteiger partial charge in [-0.05, 0) is 24.3 Å².